The molecular weight excluding hydrogens is 206 g/mol. The maximum Gasteiger partial charge on any atom is 0.239 e. The highest BCUT2D eigenvalue weighted by atomic mass is 16.5. The van der Waals surface area contributed by atoms with E-state index < -0.39 is 0 Å². The number of anilines is 2. The second kappa shape index (κ2) is 6.24. The summed E-state index contributed by atoms with van der Waals surface area (Å²) in [5.41, 5.74) is 3.45. The number of rotatable bonds is 6. The number of hydrazine groups is 1. The third kappa shape index (κ3) is 3.32. The van der Waals surface area contributed by atoms with Crippen LogP contribution in [0, 0.1) is 6.92 Å². The van der Waals surface area contributed by atoms with Crippen molar-refractivity contribution in [2.24, 2.45) is 5.84 Å². The summed E-state index contributed by atoms with van der Waals surface area (Å²) >= 11 is 0. The van der Waals surface area contributed by atoms with Crippen LogP contribution in [0.15, 0.2) is 6.20 Å². The van der Waals surface area contributed by atoms with Gasteiger partial charge in [-0.25, -0.2) is 10.8 Å². The first-order valence-electron chi connectivity index (χ1n) is 5.28. The van der Waals surface area contributed by atoms with Gasteiger partial charge in [-0.2, -0.15) is 4.98 Å². The van der Waals surface area contributed by atoms with Gasteiger partial charge < -0.3 is 9.64 Å². The summed E-state index contributed by atoms with van der Waals surface area (Å²) in [7, 11) is 1.97. The van der Waals surface area contributed by atoms with Crippen molar-refractivity contribution in [3.8, 4) is 0 Å². The Kier molecular flexibility index (Phi) is 4.94. The van der Waals surface area contributed by atoms with Crippen molar-refractivity contribution in [2.75, 3.05) is 37.1 Å². The van der Waals surface area contributed by atoms with Gasteiger partial charge >= 0.3 is 0 Å². The van der Waals surface area contributed by atoms with E-state index >= 15 is 0 Å². The Bertz CT molecular complexity index is 331. The number of ether oxygens (including phenoxy) is 1. The van der Waals surface area contributed by atoms with Gasteiger partial charge in [0.05, 0.1) is 6.61 Å². The maximum atomic E-state index is 5.30. The number of aromatic nitrogens is 2. The highest BCUT2D eigenvalue weighted by molar-refractivity contribution is 5.47. The van der Waals surface area contributed by atoms with Crippen LogP contribution in [0.2, 0.25) is 0 Å². The average molecular weight is 225 g/mol. The van der Waals surface area contributed by atoms with Crippen LogP contribution in [0.3, 0.4) is 0 Å². The third-order valence-electron chi connectivity index (χ3n) is 2.21. The van der Waals surface area contributed by atoms with Gasteiger partial charge in [0.15, 0.2) is 0 Å². The molecule has 0 spiro atoms. The number of nitrogen functional groups attached to an aromatic ring is 1. The van der Waals surface area contributed by atoms with E-state index in [1.165, 1.54) is 0 Å². The Morgan fingerprint density at radius 3 is 2.94 bits per heavy atom. The van der Waals surface area contributed by atoms with Crippen molar-refractivity contribution in [1.82, 2.24) is 9.97 Å². The molecular formula is C10H19N5O. The molecule has 0 saturated carbocycles. The van der Waals surface area contributed by atoms with Crippen LogP contribution in [0.25, 0.3) is 0 Å². The topological polar surface area (TPSA) is 76.3 Å². The molecule has 1 rings (SSSR count). The van der Waals surface area contributed by atoms with Crippen LogP contribution in [-0.4, -0.2) is 36.8 Å². The van der Waals surface area contributed by atoms with E-state index in [4.69, 9.17) is 10.6 Å². The van der Waals surface area contributed by atoms with Crippen LogP contribution in [0.5, 0.6) is 0 Å². The van der Waals surface area contributed by atoms with Gasteiger partial charge in [-0.15, -0.1) is 0 Å². The highest BCUT2D eigenvalue weighted by Crippen LogP contribution is 2.15. The minimum atomic E-state index is 0.420. The van der Waals surface area contributed by atoms with E-state index in [1.54, 1.807) is 6.20 Å². The van der Waals surface area contributed by atoms with Crippen LogP contribution in [-0.2, 0) is 4.74 Å². The molecule has 1 aromatic rings. The molecule has 3 N–H and O–H groups in total. The van der Waals surface area contributed by atoms with E-state index in [1.807, 2.05) is 25.8 Å². The minimum Gasteiger partial charge on any atom is -0.380 e. The molecule has 0 atom stereocenters. The molecule has 16 heavy (non-hydrogen) atoms. The zero-order chi connectivity index (χ0) is 12.0. The molecule has 0 aliphatic heterocycles. The van der Waals surface area contributed by atoms with Crippen molar-refractivity contribution in [1.29, 1.82) is 0 Å². The summed E-state index contributed by atoms with van der Waals surface area (Å²) < 4.78 is 5.30. The van der Waals surface area contributed by atoms with Crippen molar-refractivity contribution in [2.45, 2.75) is 13.8 Å². The number of hydrogen-bond donors (Lipinski definition) is 2. The lowest BCUT2D eigenvalue weighted by Crippen LogP contribution is -2.25. The third-order valence-corrected chi connectivity index (χ3v) is 2.21. The zero-order valence-corrected chi connectivity index (χ0v) is 10.0. The number of nitrogens with one attached hydrogen (secondary N) is 1. The Morgan fingerprint density at radius 2 is 2.31 bits per heavy atom. The first-order chi connectivity index (χ1) is 7.69. The van der Waals surface area contributed by atoms with Crippen LogP contribution in [0.4, 0.5) is 11.8 Å². The Hall–Kier alpha value is -1.40. The molecule has 0 aromatic carbocycles. The fourth-order valence-corrected chi connectivity index (χ4v) is 1.34. The number of nitrogens with zero attached hydrogens (tertiary/aromatic N) is 3. The van der Waals surface area contributed by atoms with Gasteiger partial charge in [-0.1, -0.05) is 0 Å². The molecule has 0 aliphatic carbocycles. The van der Waals surface area contributed by atoms with Gasteiger partial charge in [-0.05, 0) is 13.8 Å². The van der Waals surface area contributed by atoms with Crippen LogP contribution in [0.1, 0.15) is 12.5 Å². The Morgan fingerprint density at radius 1 is 1.56 bits per heavy atom. The Labute approximate surface area is 95.8 Å². The second-order valence-corrected chi connectivity index (χ2v) is 3.46. The van der Waals surface area contributed by atoms with Crippen LogP contribution >= 0.6 is 0 Å². The van der Waals surface area contributed by atoms with Crippen molar-refractivity contribution >= 4 is 11.8 Å². The fourth-order valence-electron chi connectivity index (χ4n) is 1.34. The smallest absolute Gasteiger partial charge is 0.239 e. The molecule has 0 amide bonds. The molecule has 0 saturated heterocycles. The fraction of sp³-hybridized carbons (Fsp3) is 0.600. The van der Waals surface area contributed by atoms with E-state index in [9.17, 15) is 0 Å². The van der Waals surface area contributed by atoms with Crippen molar-refractivity contribution in [3.05, 3.63) is 11.8 Å². The van der Waals surface area contributed by atoms with E-state index in [-0.39, 0.29) is 0 Å². The quantitative estimate of drug-likeness (QED) is 0.418. The van der Waals surface area contributed by atoms with Gasteiger partial charge in [0.25, 0.3) is 0 Å². The summed E-state index contributed by atoms with van der Waals surface area (Å²) in [5, 5.41) is 0. The predicted octanol–water partition coefficient (Wildman–Crippen LogP) is 0.543. The van der Waals surface area contributed by atoms with Crippen molar-refractivity contribution in [3.63, 3.8) is 0 Å². The average Bonchev–Trinajstić information content (AvgIpc) is 2.30. The summed E-state index contributed by atoms with van der Waals surface area (Å²) in [4.78, 5) is 10.3. The summed E-state index contributed by atoms with van der Waals surface area (Å²) in [6.45, 7) is 6.14. The number of hydrogen-bond acceptors (Lipinski definition) is 6. The van der Waals surface area contributed by atoms with E-state index in [0.29, 0.717) is 12.6 Å². The lowest BCUT2D eigenvalue weighted by atomic mass is 10.3. The highest BCUT2D eigenvalue weighted by Gasteiger charge is 2.07. The minimum absolute atomic E-state index is 0.420. The van der Waals surface area contributed by atoms with Gasteiger partial charge in [0, 0.05) is 32.0 Å². The van der Waals surface area contributed by atoms with Gasteiger partial charge in [0.2, 0.25) is 5.95 Å². The van der Waals surface area contributed by atoms with Crippen molar-refractivity contribution < 1.29 is 4.74 Å². The van der Waals surface area contributed by atoms with Gasteiger partial charge in [-0.3, -0.25) is 5.43 Å². The molecule has 1 heterocycles. The zero-order valence-electron chi connectivity index (χ0n) is 10.0. The normalized spacial score (nSPS) is 10.2. The van der Waals surface area contributed by atoms with E-state index in [2.05, 4.69) is 15.4 Å². The lowest BCUT2D eigenvalue weighted by molar-refractivity contribution is 0.154. The predicted molar refractivity (Wildman–Crippen MR) is 64.3 cm³/mol. The summed E-state index contributed by atoms with van der Waals surface area (Å²) in [6.07, 6.45) is 1.74. The first kappa shape index (κ1) is 12.7. The Balaban J connectivity index is 2.69. The molecule has 0 bridgehead atoms. The second-order valence-electron chi connectivity index (χ2n) is 3.46. The molecule has 0 fully saturated rings. The first-order valence-corrected chi connectivity index (χ1v) is 5.28. The standard InChI is InChI=1S/C10H19N5O/c1-4-16-6-5-15(3)9-8(2)7-12-10(13-9)14-11/h7H,4-6,11H2,1-3H3,(H,12,13,14). The summed E-state index contributed by atoms with van der Waals surface area (Å²) in [5.74, 6) is 6.56. The number of aryl methyl sites for hydroxylation is 1. The SMILES string of the molecule is CCOCCN(C)c1nc(NN)ncc1C. The number of likely N-dealkylation sites (N-methyl/N-ethyl adjacent to an activating group) is 1. The lowest BCUT2D eigenvalue weighted by Gasteiger charge is -2.20. The largest absolute Gasteiger partial charge is 0.380 e. The summed E-state index contributed by atoms with van der Waals surface area (Å²) in [6, 6.07) is 0. The monoisotopic (exact) mass is 225 g/mol. The maximum absolute atomic E-state index is 5.30. The molecule has 6 heteroatoms. The molecule has 0 radical (unpaired) electrons. The molecule has 90 valence electrons. The molecule has 0 aliphatic rings. The molecule has 1 aromatic heterocycles. The number of nitrogens with two attached hydrogens (primary N) is 1. The van der Waals surface area contributed by atoms with Crippen LogP contribution < -0.4 is 16.2 Å². The molecule has 0 unspecified atom stereocenters. The molecule has 6 nitrogen and oxygen atoms in total. The van der Waals surface area contributed by atoms with Gasteiger partial charge in [0.1, 0.15) is 5.82 Å². The van der Waals surface area contributed by atoms with E-state index in [0.717, 1.165) is 24.5 Å².